The van der Waals surface area contributed by atoms with Crippen LogP contribution in [0.5, 0.6) is 0 Å². The second kappa shape index (κ2) is 4.68. The summed E-state index contributed by atoms with van der Waals surface area (Å²) in [7, 11) is 2.00. The van der Waals surface area contributed by atoms with Crippen LogP contribution in [0.25, 0.3) is 10.2 Å². The van der Waals surface area contributed by atoms with Gasteiger partial charge in [-0.3, -0.25) is 0 Å². The summed E-state index contributed by atoms with van der Waals surface area (Å²) in [5.41, 5.74) is 2.23. The molecule has 0 saturated carbocycles. The Morgan fingerprint density at radius 1 is 1.47 bits per heavy atom. The van der Waals surface area contributed by atoms with Crippen LogP contribution in [0.2, 0.25) is 0 Å². The smallest absolute Gasteiger partial charge is 0.116 e. The summed E-state index contributed by atoms with van der Waals surface area (Å²) in [5, 5.41) is 5.37. The first kappa shape index (κ1) is 10.5. The third-order valence-corrected chi connectivity index (χ3v) is 3.61. The van der Waals surface area contributed by atoms with Gasteiger partial charge in [0.05, 0.1) is 15.9 Å². The lowest BCUT2D eigenvalue weighted by molar-refractivity contribution is 0.539. The van der Waals surface area contributed by atoms with E-state index in [1.165, 1.54) is 4.70 Å². The van der Waals surface area contributed by atoms with E-state index in [0.717, 1.165) is 24.1 Å². The number of aromatic nitrogens is 2. The van der Waals surface area contributed by atoms with Crippen LogP contribution in [0.15, 0.2) is 17.8 Å². The lowest BCUT2D eigenvalue weighted by atomic mass is 10.1. The van der Waals surface area contributed by atoms with Gasteiger partial charge in [0.15, 0.2) is 0 Å². The van der Waals surface area contributed by atoms with Gasteiger partial charge in [-0.1, -0.05) is 6.92 Å². The van der Waals surface area contributed by atoms with Gasteiger partial charge in [0.2, 0.25) is 0 Å². The Bertz CT molecular complexity index is 434. The molecule has 0 radical (unpaired) electrons. The quantitative estimate of drug-likeness (QED) is 0.860. The van der Waals surface area contributed by atoms with Crippen molar-refractivity contribution in [1.82, 2.24) is 15.3 Å². The van der Waals surface area contributed by atoms with Gasteiger partial charge < -0.3 is 5.32 Å². The van der Waals surface area contributed by atoms with E-state index in [1.807, 2.05) is 13.1 Å². The number of thiophene rings is 1. The fraction of sp³-hybridized carbons (Fsp3) is 0.455. The molecule has 1 N–H and O–H groups in total. The Morgan fingerprint density at radius 2 is 2.33 bits per heavy atom. The first-order valence-corrected chi connectivity index (χ1v) is 6.07. The number of hydrogen-bond acceptors (Lipinski definition) is 4. The normalized spacial score (nSPS) is 13.2. The van der Waals surface area contributed by atoms with Gasteiger partial charge >= 0.3 is 0 Å². The molecule has 2 aromatic heterocycles. The van der Waals surface area contributed by atoms with Crippen molar-refractivity contribution in [1.29, 1.82) is 0 Å². The van der Waals surface area contributed by atoms with Crippen molar-refractivity contribution in [3.63, 3.8) is 0 Å². The Balaban J connectivity index is 2.30. The molecular formula is C11H15N3S. The van der Waals surface area contributed by atoms with Crippen molar-refractivity contribution in [2.45, 2.75) is 25.8 Å². The maximum atomic E-state index is 4.37. The molecule has 0 saturated heterocycles. The van der Waals surface area contributed by atoms with Crippen LogP contribution in [0.1, 0.15) is 19.0 Å². The molecule has 0 bridgehead atoms. The van der Waals surface area contributed by atoms with E-state index < -0.39 is 0 Å². The van der Waals surface area contributed by atoms with Crippen LogP contribution in [0, 0.1) is 0 Å². The van der Waals surface area contributed by atoms with Crippen LogP contribution >= 0.6 is 11.3 Å². The fourth-order valence-electron chi connectivity index (χ4n) is 1.67. The minimum atomic E-state index is 0.505. The van der Waals surface area contributed by atoms with E-state index in [9.17, 15) is 0 Å². The minimum absolute atomic E-state index is 0.505. The monoisotopic (exact) mass is 221 g/mol. The van der Waals surface area contributed by atoms with E-state index in [-0.39, 0.29) is 0 Å². The predicted octanol–water partition coefficient (Wildman–Crippen LogP) is 2.23. The van der Waals surface area contributed by atoms with Gasteiger partial charge in [0, 0.05) is 12.5 Å². The predicted molar refractivity (Wildman–Crippen MR) is 64.3 cm³/mol. The van der Waals surface area contributed by atoms with Crippen molar-refractivity contribution >= 4 is 21.6 Å². The summed E-state index contributed by atoms with van der Waals surface area (Å²) >= 11 is 1.72. The zero-order chi connectivity index (χ0) is 10.7. The van der Waals surface area contributed by atoms with Crippen molar-refractivity contribution in [3.8, 4) is 0 Å². The standard InChI is InChI=1S/C11H15N3S/c1-3-8(12-2)6-10-11-9(4-5-15-11)13-7-14-10/h4-5,7-8,12H,3,6H2,1-2H3. The topological polar surface area (TPSA) is 37.8 Å². The van der Waals surface area contributed by atoms with Crippen molar-refractivity contribution in [2.75, 3.05) is 7.05 Å². The molecule has 0 spiro atoms. The maximum Gasteiger partial charge on any atom is 0.116 e. The van der Waals surface area contributed by atoms with Crippen molar-refractivity contribution in [3.05, 3.63) is 23.5 Å². The summed E-state index contributed by atoms with van der Waals surface area (Å²) in [5.74, 6) is 0. The molecule has 4 heteroatoms. The number of likely N-dealkylation sites (N-methyl/N-ethyl adjacent to an activating group) is 1. The summed E-state index contributed by atoms with van der Waals surface area (Å²) in [6.45, 7) is 2.19. The zero-order valence-electron chi connectivity index (χ0n) is 9.03. The Kier molecular flexibility index (Phi) is 3.28. The summed E-state index contributed by atoms with van der Waals surface area (Å²) in [6, 6.07) is 2.55. The number of hydrogen-bond donors (Lipinski definition) is 1. The Labute approximate surface area is 93.6 Å². The average molecular weight is 221 g/mol. The van der Waals surface area contributed by atoms with Gasteiger partial charge in [-0.05, 0) is 24.9 Å². The summed E-state index contributed by atoms with van der Waals surface area (Å²) < 4.78 is 1.23. The third-order valence-electron chi connectivity index (χ3n) is 2.66. The number of rotatable bonds is 4. The molecule has 0 aliphatic carbocycles. The lowest BCUT2D eigenvalue weighted by Crippen LogP contribution is -2.26. The Morgan fingerprint density at radius 3 is 3.07 bits per heavy atom. The van der Waals surface area contributed by atoms with Gasteiger partial charge in [0.1, 0.15) is 6.33 Å². The summed E-state index contributed by atoms with van der Waals surface area (Å²) in [6.07, 6.45) is 3.76. The SMILES string of the molecule is CCC(Cc1ncnc2ccsc12)NC. The number of fused-ring (bicyclic) bond motifs is 1. The lowest BCUT2D eigenvalue weighted by Gasteiger charge is -2.12. The molecule has 1 atom stereocenters. The molecule has 80 valence electrons. The number of nitrogens with zero attached hydrogens (tertiary/aromatic N) is 2. The molecule has 3 nitrogen and oxygen atoms in total. The van der Waals surface area contributed by atoms with E-state index in [2.05, 4.69) is 27.6 Å². The Hall–Kier alpha value is -1.00. The number of nitrogens with one attached hydrogen (secondary N) is 1. The van der Waals surface area contributed by atoms with Gasteiger partial charge in [-0.15, -0.1) is 11.3 Å². The molecule has 0 aliphatic rings. The molecule has 0 aromatic carbocycles. The fourth-order valence-corrected chi connectivity index (χ4v) is 2.52. The first-order valence-electron chi connectivity index (χ1n) is 5.19. The first-order chi connectivity index (χ1) is 7.35. The maximum absolute atomic E-state index is 4.37. The average Bonchev–Trinajstić information content (AvgIpc) is 2.74. The molecule has 2 heterocycles. The molecule has 0 fully saturated rings. The highest BCUT2D eigenvalue weighted by Gasteiger charge is 2.10. The highest BCUT2D eigenvalue weighted by Crippen LogP contribution is 2.22. The second-order valence-corrected chi connectivity index (χ2v) is 4.47. The summed E-state index contributed by atoms with van der Waals surface area (Å²) in [4.78, 5) is 8.61. The van der Waals surface area contributed by atoms with E-state index >= 15 is 0 Å². The van der Waals surface area contributed by atoms with Crippen LogP contribution in [0.4, 0.5) is 0 Å². The molecule has 2 rings (SSSR count). The molecule has 0 aliphatic heterocycles. The van der Waals surface area contributed by atoms with E-state index in [1.54, 1.807) is 17.7 Å². The highest BCUT2D eigenvalue weighted by molar-refractivity contribution is 7.17. The van der Waals surface area contributed by atoms with E-state index in [0.29, 0.717) is 6.04 Å². The molecule has 15 heavy (non-hydrogen) atoms. The zero-order valence-corrected chi connectivity index (χ0v) is 9.84. The van der Waals surface area contributed by atoms with Crippen LogP contribution in [-0.2, 0) is 6.42 Å². The third kappa shape index (κ3) is 2.16. The van der Waals surface area contributed by atoms with Crippen LogP contribution < -0.4 is 5.32 Å². The molecule has 2 aromatic rings. The minimum Gasteiger partial charge on any atom is -0.317 e. The molecule has 1 unspecified atom stereocenters. The van der Waals surface area contributed by atoms with Crippen LogP contribution in [0.3, 0.4) is 0 Å². The molecule has 0 amide bonds. The largest absolute Gasteiger partial charge is 0.317 e. The van der Waals surface area contributed by atoms with E-state index in [4.69, 9.17) is 0 Å². The van der Waals surface area contributed by atoms with Gasteiger partial charge in [-0.25, -0.2) is 9.97 Å². The highest BCUT2D eigenvalue weighted by atomic mass is 32.1. The van der Waals surface area contributed by atoms with Crippen LogP contribution in [-0.4, -0.2) is 23.1 Å². The second-order valence-electron chi connectivity index (χ2n) is 3.55. The van der Waals surface area contributed by atoms with Crippen molar-refractivity contribution < 1.29 is 0 Å². The van der Waals surface area contributed by atoms with Gasteiger partial charge in [-0.2, -0.15) is 0 Å². The molecular weight excluding hydrogens is 206 g/mol. The van der Waals surface area contributed by atoms with Crippen molar-refractivity contribution in [2.24, 2.45) is 0 Å². The van der Waals surface area contributed by atoms with Gasteiger partial charge in [0.25, 0.3) is 0 Å².